The molecular formula is C14H10O4. The van der Waals surface area contributed by atoms with Gasteiger partial charge in [-0.05, 0) is 31.2 Å². The van der Waals surface area contributed by atoms with Crippen molar-refractivity contribution in [1.29, 1.82) is 0 Å². The number of benzene rings is 1. The number of aryl methyl sites for hydroxylation is 1. The fourth-order valence-electron chi connectivity index (χ4n) is 1.84. The van der Waals surface area contributed by atoms with Crippen molar-refractivity contribution in [3.63, 3.8) is 0 Å². The van der Waals surface area contributed by atoms with Crippen LogP contribution in [-0.2, 0) is 0 Å². The molecule has 1 N–H and O–H groups in total. The maximum atomic E-state index is 12.0. The Morgan fingerprint density at radius 3 is 2.78 bits per heavy atom. The van der Waals surface area contributed by atoms with Crippen molar-refractivity contribution in [1.82, 2.24) is 0 Å². The van der Waals surface area contributed by atoms with Crippen LogP contribution >= 0.6 is 0 Å². The number of hydrogen-bond acceptors (Lipinski definition) is 4. The van der Waals surface area contributed by atoms with Crippen LogP contribution in [0.5, 0.6) is 11.5 Å². The van der Waals surface area contributed by atoms with E-state index in [1.54, 1.807) is 18.2 Å². The number of ketones is 1. The predicted octanol–water partition coefficient (Wildman–Crippen LogP) is 2.91. The highest BCUT2D eigenvalue weighted by Crippen LogP contribution is 2.34. The molecule has 4 nitrogen and oxygen atoms in total. The topological polar surface area (TPSA) is 59.7 Å². The van der Waals surface area contributed by atoms with E-state index in [2.05, 4.69) is 0 Å². The standard InChI is InChI=1S/C14H10O4/c1-8-2-4-10(17-8)7-13-14(16)11-5-3-9(15)6-12(11)18-13/h2-7,15H,1H3/b13-7+. The Hall–Kier alpha value is -2.49. The third-order valence-corrected chi connectivity index (χ3v) is 2.69. The van der Waals surface area contributed by atoms with Gasteiger partial charge in [-0.1, -0.05) is 0 Å². The molecule has 0 amide bonds. The first-order valence-corrected chi connectivity index (χ1v) is 5.47. The number of phenolic OH excluding ortho intramolecular Hbond substituents is 1. The van der Waals surface area contributed by atoms with E-state index in [9.17, 15) is 9.90 Å². The fourth-order valence-corrected chi connectivity index (χ4v) is 1.84. The molecule has 0 bridgehead atoms. The molecule has 1 aliphatic rings. The molecule has 2 aromatic rings. The number of rotatable bonds is 1. The van der Waals surface area contributed by atoms with Crippen LogP contribution in [-0.4, -0.2) is 10.9 Å². The minimum Gasteiger partial charge on any atom is -0.508 e. The molecule has 1 aliphatic heterocycles. The van der Waals surface area contributed by atoms with Gasteiger partial charge in [-0.15, -0.1) is 0 Å². The molecule has 0 saturated carbocycles. The number of hydrogen-bond donors (Lipinski definition) is 1. The first-order chi connectivity index (χ1) is 8.63. The summed E-state index contributed by atoms with van der Waals surface area (Å²) in [4.78, 5) is 12.0. The Kier molecular flexibility index (Phi) is 2.23. The molecule has 0 unspecified atom stereocenters. The third kappa shape index (κ3) is 1.68. The van der Waals surface area contributed by atoms with Crippen LogP contribution < -0.4 is 4.74 Å². The number of phenols is 1. The molecule has 1 aromatic heterocycles. The van der Waals surface area contributed by atoms with E-state index in [1.165, 1.54) is 12.1 Å². The molecule has 0 atom stereocenters. The molecule has 0 saturated heterocycles. The van der Waals surface area contributed by atoms with Gasteiger partial charge >= 0.3 is 0 Å². The Morgan fingerprint density at radius 1 is 1.22 bits per heavy atom. The smallest absolute Gasteiger partial charge is 0.232 e. The fraction of sp³-hybridized carbons (Fsp3) is 0.0714. The van der Waals surface area contributed by atoms with Crippen molar-refractivity contribution < 1.29 is 19.1 Å². The van der Waals surface area contributed by atoms with Crippen LogP contribution in [0, 0.1) is 6.92 Å². The first kappa shape index (κ1) is 10.7. The summed E-state index contributed by atoms with van der Waals surface area (Å²) in [7, 11) is 0. The zero-order valence-corrected chi connectivity index (χ0v) is 9.64. The minimum absolute atomic E-state index is 0.0663. The van der Waals surface area contributed by atoms with Crippen LogP contribution in [0.2, 0.25) is 0 Å². The average molecular weight is 242 g/mol. The van der Waals surface area contributed by atoms with Crippen molar-refractivity contribution in [2.75, 3.05) is 0 Å². The molecule has 3 rings (SSSR count). The zero-order valence-electron chi connectivity index (χ0n) is 9.64. The van der Waals surface area contributed by atoms with E-state index in [0.717, 1.165) is 5.76 Å². The summed E-state index contributed by atoms with van der Waals surface area (Å²) < 4.78 is 10.8. The van der Waals surface area contributed by atoms with E-state index in [0.29, 0.717) is 17.1 Å². The van der Waals surface area contributed by atoms with Crippen LogP contribution in [0.3, 0.4) is 0 Å². The second-order valence-corrected chi connectivity index (χ2v) is 4.07. The maximum Gasteiger partial charge on any atom is 0.232 e. The van der Waals surface area contributed by atoms with Gasteiger partial charge in [0.05, 0.1) is 5.56 Å². The van der Waals surface area contributed by atoms with E-state index < -0.39 is 0 Å². The van der Waals surface area contributed by atoms with Gasteiger partial charge in [0, 0.05) is 12.1 Å². The second kappa shape index (κ2) is 3.77. The number of Topliss-reactive ketones (excluding diaryl/α,β-unsaturated/α-hetero) is 1. The van der Waals surface area contributed by atoms with Crippen LogP contribution in [0.15, 0.2) is 40.5 Å². The average Bonchev–Trinajstić information content (AvgIpc) is 2.85. The van der Waals surface area contributed by atoms with Gasteiger partial charge in [0.2, 0.25) is 5.78 Å². The number of allylic oxidation sites excluding steroid dienone is 1. The van der Waals surface area contributed by atoms with Crippen LogP contribution in [0.4, 0.5) is 0 Å². The van der Waals surface area contributed by atoms with Crippen LogP contribution in [0.25, 0.3) is 6.08 Å². The van der Waals surface area contributed by atoms with Gasteiger partial charge in [0.25, 0.3) is 0 Å². The Labute approximate surface area is 103 Å². The molecule has 0 fully saturated rings. The summed E-state index contributed by atoms with van der Waals surface area (Å²) in [5.41, 5.74) is 0.447. The van der Waals surface area contributed by atoms with E-state index in [4.69, 9.17) is 9.15 Å². The summed E-state index contributed by atoms with van der Waals surface area (Å²) in [6.07, 6.45) is 1.55. The lowest BCUT2D eigenvalue weighted by Crippen LogP contribution is -1.97. The molecule has 1 aromatic carbocycles. The van der Waals surface area contributed by atoms with Gasteiger partial charge in [-0.2, -0.15) is 0 Å². The number of carbonyl (C=O) groups is 1. The van der Waals surface area contributed by atoms with Gasteiger partial charge in [-0.25, -0.2) is 0 Å². The van der Waals surface area contributed by atoms with Crippen molar-refractivity contribution in [2.45, 2.75) is 6.92 Å². The largest absolute Gasteiger partial charge is 0.508 e. The lowest BCUT2D eigenvalue weighted by atomic mass is 10.1. The molecule has 0 spiro atoms. The van der Waals surface area contributed by atoms with Gasteiger partial charge in [0.15, 0.2) is 5.76 Å². The van der Waals surface area contributed by atoms with Crippen LogP contribution in [0.1, 0.15) is 21.9 Å². The highest BCUT2D eigenvalue weighted by molar-refractivity contribution is 6.14. The number of aromatic hydroxyl groups is 1. The Bertz CT molecular complexity index is 664. The first-order valence-electron chi connectivity index (χ1n) is 5.47. The quantitative estimate of drug-likeness (QED) is 0.781. The zero-order chi connectivity index (χ0) is 12.7. The van der Waals surface area contributed by atoms with Crippen molar-refractivity contribution in [3.05, 3.63) is 53.2 Å². The second-order valence-electron chi connectivity index (χ2n) is 4.07. The molecule has 0 aliphatic carbocycles. The third-order valence-electron chi connectivity index (χ3n) is 2.69. The normalized spacial score (nSPS) is 15.8. The minimum atomic E-state index is -0.209. The Morgan fingerprint density at radius 2 is 2.06 bits per heavy atom. The summed E-state index contributed by atoms with van der Waals surface area (Å²) in [6.45, 7) is 1.83. The van der Waals surface area contributed by atoms with E-state index in [1.807, 2.05) is 13.0 Å². The van der Waals surface area contributed by atoms with Crippen molar-refractivity contribution in [3.8, 4) is 11.5 Å². The predicted molar refractivity (Wildman–Crippen MR) is 64.5 cm³/mol. The van der Waals surface area contributed by atoms with Gasteiger partial charge in [-0.3, -0.25) is 4.79 Å². The highest BCUT2D eigenvalue weighted by Gasteiger charge is 2.27. The van der Waals surface area contributed by atoms with E-state index in [-0.39, 0.29) is 17.3 Å². The number of carbonyl (C=O) groups excluding carboxylic acids is 1. The maximum absolute atomic E-state index is 12.0. The van der Waals surface area contributed by atoms with Crippen molar-refractivity contribution >= 4 is 11.9 Å². The molecule has 18 heavy (non-hydrogen) atoms. The molecule has 90 valence electrons. The number of fused-ring (bicyclic) bond motifs is 1. The molecule has 0 radical (unpaired) electrons. The number of ether oxygens (including phenoxy) is 1. The summed E-state index contributed by atoms with van der Waals surface area (Å²) >= 11 is 0. The Balaban J connectivity index is 1.99. The van der Waals surface area contributed by atoms with Gasteiger partial charge < -0.3 is 14.3 Å². The molecule has 4 heteroatoms. The summed E-state index contributed by atoms with van der Waals surface area (Å²) in [5, 5.41) is 9.33. The lowest BCUT2D eigenvalue weighted by molar-refractivity contribution is 0.101. The lowest BCUT2D eigenvalue weighted by Gasteiger charge is -1.97. The SMILES string of the molecule is Cc1ccc(/C=C2/Oc3cc(O)ccc3C2=O)o1. The van der Waals surface area contributed by atoms with Crippen molar-refractivity contribution in [2.24, 2.45) is 0 Å². The summed E-state index contributed by atoms with van der Waals surface area (Å²) in [6, 6.07) is 7.99. The molecular weight excluding hydrogens is 232 g/mol. The van der Waals surface area contributed by atoms with Gasteiger partial charge in [0.1, 0.15) is 23.0 Å². The summed E-state index contributed by atoms with van der Waals surface area (Å²) in [5.74, 6) is 1.76. The highest BCUT2D eigenvalue weighted by atomic mass is 16.5. The van der Waals surface area contributed by atoms with E-state index >= 15 is 0 Å². The monoisotopic (exact) mass is 242 g/mol. The number of furan rings is 1. The molecule has 2 heterocycles.